The number of aliphatic hydroxyl groups is 1. The number of aliphatic hydroxyl groups excluding tert-OH is 1. The third-order valence-electron chi connectivity index (χ3n) is 4.18. The summed E-state index contributed by atoms with van der Waals surface area (Å²) in [7, 11) is 0. The number of thiol groups is 2. The van der Waals surface area contributed by atoms with E-state index in [1.165, 1.54) is 0 Å². The van der Waals surface area contributed by atoms with Crippen molar-refractivity contribution in [1.82, 2.24) is 9.80 Å². The minimum absolute atomic E-state index is 0.0891. The molecule has 0 aromatic heterocycles. The van der Waals surface area contributed by atoms with Gasteiger partial charge in [-0.25, -0.2) is 0 Å². The fourth-order valence-electron chi connectivity index (χ4n) is 2.68. The van der Waals surface area contributed by atoms with Crippen LogP contribution in [0.25, 0.3) is 0 Å². The Morgan fingerprint density at radius 3 is 2.35 bits per heavy atom. The van der Waals surface area contributed by atoms with E-state index in [4.69, 9.17) is 9.84 Å². The maximum absolute atomic E-state index is 11.7. The molecule has 1 aliphatic heterocycles. The molecule has 0 spiro atoms. The Morgan fingerprint density at radius 2 is 1.74 bits per heavy atom. The molecule has 0 aliphatic carbocycles. The van der Waals surface area contributed by atoms with Crippen molar-refractivity contribution < 1.29 is 14.6 Å². The van der Waals surface area contributed by atoms with Crippen LogP contribution in [0.3, 0.4) is 0 Å². The molecule has 0 aromatic carbocycles. The van der Waals surface area contributed by atoms with E-state index in [-0.39, 0.29) is 12.6 Å². The first-order valence-corrected chi connectivity index (χ1v) is 9.80. The smallest absolute Gasteiger partial charge is 0.305 e. The summed E-state index contributed by atoms with van der Waals surface area (Å²) in [5.74, 6) is 0.776. The molecule has 1 N–H and O–H groups in total. The highest BCUT2D eigenvalue weighted by Gasteiger charge is 2.16. The molecule has 1 saturated heterocycles. The number of esters is 1. The lowest BCUT2D eigenvalue weighted by Gasteiger charge is -2.34. The second-order valence-corrected chi connectivity index (χ2v) is 7.22. The largest absolute Gasteiger partial charge is 0.464 e. The van der Waals surface area contributed by atoms with Crippen molar-refractivity contribution in [3.8, 4) is 0 Å². The van der Waals surface area contributed by atoms with E-state index in [2.05, 4.69) is 35.1 Å². The number of β-amino-alcohol motifs (C(OH)–C–C–N with tert-alkyl or cyclic N) is 1. The molecule has 0 aromatic rings. The van der Waals surface area contributed by atoms with Crippen molar-refractivity contribution in [1.29, 1.82) is 0 Å². The second kappa shape index (κ2) is 13.4. The van der Waals surface area contributed by atoms with Crippen LogP contribution in [-0.2, 0) is 9.53 Å². The van der Waals surface area contributed by atoms with Gasteiger partial charge >= 0.3 is 5.97 Å². The number of carbonyl (C=O) groups excluding carboxylic acids is 1. The predicted molar refractivity (Wildman–Crippen MR) is 101 cm³/mol. The highest BCUT2D eigenvalue weighted by molar-refractivity contribution is 7.81. The SMILES string of the molecule is O=C(CCCCC(S)CCS)OCCN1CCN(CCO)CC1. The van der Waals surface area contributed by atoms with Crippen LogP contribution < -0.4 is 0 Å². The molecule has 7 heteroatoms. The van der Waals surface area contributed by atoms with Crippen LogP contribution in [0.5, 0.6) is 0 Å². The van der Waals surface area contributed by atoms with Crippen molar-refractivity contribution in [3.05, 3.63) is 0 Å². The minimum Gasteiger partial charge on any atom is -0.464 e. The van der Waals surface area contributed by atoms with Crippen molar-refractivity contribution in [2.45, 2.75) is 37.4 Å². The van der Waals surface area contributed by atoms with E-state index >= 15 is 0 Å². The number of ether oxygens (including phenoxy) is 1. The van der Waals surface area contributed by atoms with Crippen molar-refractivity contribution in [2.24, 2.45) is 0 Å². The van der Waals surface area contributed by atoms with Crippen LogP contribution in [0, 0.1) is 0 Å². The molecule has 23 heavy (non-hydrogen) atoms. The van der Waals surface area contributed by atoms with Gasteiger partial charge in [-0.2, -0.15) is 25.3 Å². The topological polar surface area (TPSA) is 53.0 Å². The highest BCUT2D eigenvalue weighted by Crippen LogP contribution is 2.13. The quantitative estimate of drug-likeness (QED) is 0.277. The van der Waals surface area contributed by atoms with Crippen LogP contribution in [0.1, 0.15) is 32.1 Å². The van der Waals surface area contributed by atoms with E-state index < -0.39 is 0 Å². The molecular weight excluding hydrogens is 332 g/mol. The van der Waals surface area contributed by atoms with Crippen molar-refractivity contribution in [3.63, 3.8) is 0 Å². The number of unbranched alkanes of at least 4 members (excludes halogenated alkanes) is 1. The van der Waals surface area contributed by atoms with Gasteiger partial charge in [0.15, 0.2) is 0 Å². The van der Waals surface area contributed by atoms with Crippen LogP contribution in [0.2, 0.25) is 0 Å². The summed E-state index contributed by atoms with van der Waals surface area (Å²) < 4.78 is 5.31. The molecule has 0 amide bonds. The number of carbonyl (C=O) groups is 1. The lowest BCUT2D eigenvalue weighted by molar-refractivity contribution is -0.144. The number of hydrogen-bond acceptors (Lipinski definition) is 7. The molecule has 136 valence electrons. The predicted octanol–water partition coefficient (Wildman–Crippen LogP) is 1.32. The van der Waals surface area contributed by atoms with E-state index in [0.717, 1.165) is 70.7 Å². The number of piperazine rings is 1. The first kappa shape index (κ1) is 21.1. The summed E-state index contributed by atoms with van der Waals surface area (Å²) in [5, 5.41) is 9.31. The Kier molecular flexibility index (Phi) is 12.2. The molecular formula is C16H32N2O3S2. The summed E-state index contributed by atoms with van der Waals surface area (Å²) >= 11 is 8.68. The molecule has 5 nitrogen and oxygen atoms in total. The Bertz CT molecular complexity index is 314. The first-order valence-electron chi connectivity index (χ1n) is 8.65. The lowest BCUT2D eigenvalue weighted by Crippen LogP contribution is -2.48. The average Bonchev–Trinajstić information content (AvgIpc) is 2.54. The normalized spacial score (nSPS) is 18.0. The highest BCUT2D eigenvalue weighted by atomic mass is 32.1. The number of nitrogens with zero attached hydrogens (tertiary/aromatic N) is 2. The summed E-state index contributed by atoms with van der Waals surface area (Å²) in [5.41, 5.74) is 0. The molecule has 1 heterocycles. The molecule has 0 bridgehead atoms. The Labute approximate surface area is 151 Å². The van der Waals surface area contributed by atoms with Crippen LogP contribution in [-0.4, -0.2) is 84.4 Å². The lowest BCUT2D eigenvalue weighted by atomic mass is 10.1. The Morgan fingerprint density at radius 1 is 1.09 bits per heavy atom. The molecule has 1 unspecified atom stereocenters. The molecule has 1 rings (SSSR count). The van der Waals surface area contributed by atoms with Gasteiger partial charge in [0.1, 0.15) is 6.61 Å². The molecule has 0 saturated carbocycles. The van der Waals surface area contributed by atoms with Crippen LogP contribution >= 0.6 is 25.3 Å². The van der Waals surface area contributed by atoms with Crippen molar-refractivity contribution >= 4 is 31.2 Å². The molecule has 1 aliphatic rings. The number of rotatable bonds is 12. The zero-order valence-corrected chi connectivity index (χ0v) is 15.8. The van der Waals surface area contributed by atoms with Gasteiger partial charge < -0.3 is 9.84 Å². The van der Waals surface area contributed by atoms with Gasteiger partial charge in [0.05, 0.1) is 6.61 Å². The maximum atomic E-state index is 11.7. The van der Waals surface area contributed by atoms with E-state index in [0.29, 0.717) is 18.3 Å². The molecule has 1 fully saturated rings. The number of hydrogen-bond donors (Lipinski definition) is 3. The van der Waals surface area contributed by atoms with E-state index in [9.17, 15) is 4.79 Å². The molecule has 1 atom stereocenters. The van der Waals surface area contributed by atoms with Gasteiger partial charge in [-0.1, -0.05) is 6.42 Å². The third-order valence-corrected chi connectivity index (χ3v) is 4.96. The molecule has 0 radical (unpaired) electrons. The fourth-order valence-corrected chi connectivity index (χ4v) is 3.51. The zero-order valence-electron chi connectivity index (χ0n) is 14.0. The summed E-state index contributed by atoms with van der Waals surface area (Å²) in [6.07, 6.45) is 4.45. The summed E-state index contributed by atoms with van der Waals surface area (Å²) in [6.45, 7) is 6.17. The van der Waals surface area contributed by atoms with E-state index in [1.54, 1.807) is 0 Å². The van der Waals surface area contributed by atoms with Crippen LogP contribution in [0.15, 0.2) is 0 Å². The standard InChI is InChI=1S/C16H32N2O3S2/c19-12-10-17-6-8-18(9-7-17)11-13-21-16(20)4-2-1-3-15(23)5-14-22/h15,19,22-23H,1-14H2. The van der Waals surface area contributed by atoms with E-state index in [1.807, 2.05) is 0 Å². The third kappa shape index (κ3) is 10.5. The fraction of sp³-hybridized carbons (Fsp3) is 0.938. The zero-order chi connectivity index (χ0) is 16.9. The monoisotopic (exact) mass is 364 g/mol. The first-order chi connectivity index (χ1) is 11.2. The Hall–Kier alpha value is 0.0500. The maximum Gasteiger partial charge on any atom is 0.305 e. The van der Waals surface area contributed by atoms with Gasteiger partial charge in [-0.15, -0.1) is 0 Å². The average molecular weight is 365 g/mol. The van der Waals surface area contributed by atoms with Crippen LogP contribution in [0.4, 0.5) is 0 Å². The van der Waals surface area contributed by atoms with Gasteiger partial charge in [0, 0.05) is 50.9 Å². The Balaban J connectivity index is 1.96. The van der Waals surface area contributed by atoms with Gasteiger partial charge in [-0.05, 0) is 25.0 Å². The summed E-state index contributed by atoms with van der Waals surface area (Å²) in [6, 6.07) is 0. The van der Waals surface area contributed by atoms with Gasteiger partial charge in [0.25, 0.3) is 0 Å². The summed E-state index contributed by atoms with van der Waals surface area (Å²) in [4.78, 5) is 16.2. The van der Waals surface area contributed by atoms with Gasteiger partial charge in [0.2, 0.25) is 0 Å². The van der Waals surface area contributed by atoms with Crippen molar-refractivity contribution in [2.75, 3.05) is 58.2 Å². The minimum atomic E-state index is -0.0891. The second-order valence-electron chi connectivity index (χ2n) is 6.04. The van der Waals surface area contributed by atoms with Gasteiger partial charge in [-0.3, -0.25) is 14.6 Å².